The van der Waals surface area contributed by atoms with Gasteiger partial charge in [0.1, 0.15) is 0 Å². The third kappa shape index (κ3) is 163. The van der Waals surface area contributed by atoms with Gasteiger partial charge in [0.2, 0.25) is 0 Å². The Bertz CT molecular complexity index is 28.5. The molecule has 84 valence electrons. The second-order valence-corrected chi connectivity index (χ2v) is 0. The molecule has 0 aromatic heterocycles. The molecule has 0 atom stereocenters. The summed E-state index contributed by atoms with van der Waals surface area (Å²) in [5.74, 6) is 0. The summed E-state index contributed by atoms with van der Waals surface area (Å²) in [6, 6.07) is 0. The smallest absolute Gasteiger partial charge is 2.00 e. The van der Waals surface area contributed by atoms with E-state index < -0.39 is 0 Å². The number of hydrogen-bond donors (Lipinski definition) is 0. The quantitative estimate of drug-likeness (QED) is 0.287. The maximum Gasteiger partial charge on any atom is 5.00 e. The van der Waals surface area contributed by atoms with Crippen LogP contribution in [0.3, 0.4) is 0 Å². The van der Waals surface area contributed by atoms with Crippen molar-refractivity contribution < 1.29 is 182 Å². The first kappa shape index (κ1) is 223. The molecule has 0 N–H and O–H groups in total. The minimum atomic E-state index is 0. The summed E-state index contributed by atoms with van der Waals surface area (Å²) in [7, 11) is 0. The molecule has 0 unspecified atom stereocenters. The van der Waals surface area contributed by atoms with Crippen molar-refractivity contribution in [2.75, 3.05) is 0 Å². The minimum Gasteiger partial charge on any atom is -2.00 e. The number of hydrogen-bond acceptors (Lipinski definition) is 0. The van der Waals surface area contributed by atoms with E-state index in [1.165, 1.54) is 0 Å². The summed E-state index contributed by atoms with van der Waals surface area (Å²) in [5, 5.41) is 0. The Balaban J connectivity index is 0. The molecule has 0 radical (unpaired) electrons. The van der Waals surface area contributed by atoms with Gasteiger partial charge >= 0.3 is 37.1 Å². The Morgan fingerprint density at radius 2 is 0.385 bits per heavy atom. The maximum atomic E-state index is 0. The van der Waals surface area contributed by atoms with E-state index in [-0.39, 0.29) is 182 Å². The van der Waals surface area contributed by atoms with E-state index in [0.717, 1.165) is 0 Å². The van der Waals surface area contributed by atoms with Gasteiger partial charge in [-0.2, -0.15) is 0 Å². The Hall–Kier alpha value is 4.71. The second-order valence-electron chi connectivity index (χ2n) is 0. The van der Waals surface area contributed by atoms with Crippen molar-refractivity contribution in [2.24, 2.45) is 0 Å². The van der Waals surface area contributed by atoms with Crippen molar-refractivity contribution in [1.29, 1.82) is 0 Å². The fraction of sp³-hybridized carbons (Fsp3) is 0. The fourth-order valence-corrected chi connectivity index (χ4v) is 0. The third-order valence-electron chi connectivity index (χ3n) is 0. The molecule has 0 aromatic carbocycles. The largest absolute Gasteiger partial charge is 5.00 e. The van der Waals surface area contributed by atoms with Crippen LogP contribution in [0, 0.1) is 0 Å². The summed E-state index contributed by atoms with van der Waals surface area (Å²) >= 11 is 0. The maximum absolute atomic E-state index is 0. The van der Waals surface area contributed by atoms with Crippen molar-refractivity contribution in [3.05, 3.63) is 0 Å². The molecule has 0 aliphatic rings. The van der Waals surface area contributed by atoms with Crippen LogP contribution in [0.2, 0.25) is 0 Å². The van der Waals surface area contributed by atoms with E-state index in [2.05, 4.69) is 0 Å². The van der Waals surface area contributed by atoms with Gasteiger partial charge in [-0.05, 0) is 0 Å². The van der Waals surface area contributed by atoms with E-state index >= 15 is 0 Å². The van der Waals surface area contributed by atoms with E-state index in [0.29, 0.717) is 0 Å². The molecule has 13 heteroatoms. The molecule has 0 rings (SSSR count). The van der Waals surface area contributed by atoms with Crippen LogP contribution in [0.5, 0.6) is 0 Å². The summed E-state index contributed by atoms with van der Waals surface area (Å²) in [6.07, 6.45) is 0. The zero-order valence-corrected chi connectivity index (χ0v) is 19.9. The van der Waals surface area contributed by atoms with Gasteiger partial charge in [-0.3, -0.25) is 0 Å². The molecule has 0 fully saturated rings. The van der Waals surface area contributed by atoms with Gasteiger partial charge in [-0.15, -0.1) is 0 Å². The topological polar surface area (TPSA) is 142 Å². The van der Waals surface area contributed by atoms with Crippen LogP contribution < -0.4 is 0 Å². The molecule has 0 spiro atoms. The zero-order valence-electron chi connectivity index (χ0n) is 5.20. The SMILES string of the molecule is [Mo].[Mo].[Ni].[Ni].[O-2].[O-2].[O-2].[O-2].[O-2].[V+5].[V+5].[W].[W]. The molecular formula is Mo2Ni2O5V2W2. The van der Waals surface area contributed by atoms with Crippen molar-refractivity contribution in [1.82, 2.24) is 0 Å². The zero-order chi connectivity index (χ0) is 0. The van der Waals surface area contributed by atoms with Gasteiger partial charge in [0.05, 0.1) is 0 Å². The molecule has 5 nitrogen and oxygen atoms in total. The van der Waals surface area contributed by atoms with Crippen molar-refractivity contribution in [3.8, 4) is 0 Å². The van der Waals surface area contributed by atoms with E-state index in [1.54, 1.807) is 0 Å². The molecule has 0 bridgehead atoms. The molecular weight excluding hydrogens is 859 g/mol. The summed E-state index contributed by atoms with van der Waals surface area (Å²) in [4.78, 5) is 0. The van der Waals surface area contributed by atoms with Crippen LogP contribution in [0.25, 0.3) is 0 Å². The van der Waals surface area contributed by atoms with Gasteiger partial charge in [-0.1, -0.05) is 0 Å². The predicted molar refractivity (Wildman–Crippen MR) is 3.43 cm³/mol. The summed E-state index contributed by atoms with van der Waals surface area (Å²) in [6.45, 7) is 0. The van der Waals surface area contributed by atoms with E-state index in [1.807, 2.05) is 0 Å². The molecule has 0 heterocycles. The first-order valence-electron chi connectivity index (χ1n) is 0. The standard InChI is InChI=1S/2Mo.2Ni.5O.2V.2W/q;;;;5*-2;2*+5;;. The van der Waals surface area contributed by atoms with Crippen LogP contribution in [0.15, 0.2) is 0 Å². The summed E-state index contributed by atoms with van der Waals surface area (Å²) in [5.41, 5.74) is 0. The fourth-order valence-electron chi connectivity index (χ4n) is 0. The van der Waals surface area contributed by atoms with Crippen molar-refractivity contribution in [2.45, 2.75) is 0 Å². The molecule has 0 saturated carbocycles. The Morgan fingerprint density at radius 1 is 0.385 bits per heavy atom. The van der Waals surface area contributed by atoms with Crippen LogP contribution in [0.4, 0.5) is 0 Å². The van der Waals surface area contributed by atoms with Gasteiger partial charge < -0.3 is 27.4 Å². The van der Waals surface area contributed by atoms with E-state index in [9.17, 15) is 0 Å². The predicted octanol–water partition coefficient (Wildman–Crippen LogP) is -0.614. The molecule has 0 aliphatic carbocycles. The first-order chi connectivity index (χ1) is 0. The first-order valence-corrected chi connectivity index (χ1v) is 0. The average Bonchev–Trinajstić information content (AvgIpc) is 0. The van der Waals surface area contributed by atoms with Crippen molar-refractivity contribution in [3.63, 3.8) is 0 Å². The molecule has 13 heavy (non-hydrogen) atoms. The van der Waals surface area contributed by atoms with Gasteiger partial charge in [0, 0.05) is 117 Å². The summed E-state index contributed by atoms with van der Waals surface area (Å²) < 4.78 is 0. The average molecular weight is 859 g/mol. The Kier molecular flexibility index (Phi) is 3190. The van der Waals surface area contributed by atoms with Crippen LogP contribution in [-0.4, -0.2) is 0 Å². The van der Waals surface area contributed by atoms with Crippen LogP contribution in [0.1, 0.15) is 0 Å². The Labute approximate surface area is 178 Å². The van der Waals surface area contributed by atoms with Crippen molar-refractivity contribution >= 4 is 0 Å². The van der Waals surface area contributed by atoms with Crippen LogP contribution in [-0.2, 0) is 182 Å². The normalized spacial score (nSPS) is 0. The van der Waals surface area contributed by atoms with Crippen LogP contribution >= 0.6 is 0 Å². The molecule has 0 aromatic rings. The minimum absolute atomic E-state index is 0. The monoisotopic (exact) mass is 861 g/mol. The number of rotatable bonds is 0. The Morgan fingerprint density at radius 3 is 0.385 bits per heavy atom. The van der Waals surface area contributed by atoms with E-state index in [4.69, 9.17) is 0 Å². The molecule has 0 saturated heterocycles. The molecule has 0 amide bonds. The third-order valence-corrected chi connectivity index (χ3v) is 0. The van der Waals surface area contributed by atoms with Gasteiger partial charge in [0.25, 0.3) is 0 Å². The van der Waals surface area contributed by atoms with Gasteiger partial charge in [0.15, 0.2) is 0 Å². The van der Waals surface area contributed by atoms with Gasteiger partial charge in [-0.25, -0.2) is 0 Å². The second kappa shape index (κ2) is 186. The molecule has 0 aliphatic heterocycles.